The molecule has 0 N–H and O–H groups in total. The van der Waals surface area contributed by atoms with Crippen LogP contribution in [0, 0.1) is 5.92 Å². The van der Waals surface area contributed by atoms with Gasteiger partial charge in [-0.3, -0.25) is 9.59 Å². The molecule has 19 heavy (non-hydrogen) atoms. The van der Waals surface area contributed by atoms with E-state index in [0.717, 1.165) is 12.8 Å². The molecular formula is C15H16O4. The zero-order chi connectivity index (χ0) is 13.8. The Kier molecular flexibility index (Phi) is 4.10. The van der Waals surface area contributed by atoms with E-state index in [2.05, 4.69) is 4.74 Å². The molecule has 1 saturated carbocycles. The van der Waals surface area contributed by atoms with E-state index in [-0.39, 0.29) is 11.6 Å². The highest BCUT2D eigenvalue weighted by atomic mass is 16.5. The molecule has 0 aliphatic heterocycles. The van der Waals surface area contributed by atoms with Crippen LogP contribution in [-0.4, -0.2) is 24.6 Å². The molecule has 0 radical (unpaired) electrons. The summed E-state index contributed by atoms with van der Waals surface area (Å²) in [4.78, 5) is 35.5. The molecule has 100 valence electrons. The standard InChI is InChI=1S/C15H16O4/c1-19-15(18)11-6-4-5-10(9-11)14(17)12-7-2-3-8-13(12)16/h4-6,9,12H,2-3,7-8H2,1H3. The third-order valence-electron chi connectivity index (χ3n) is 3.44. The van der Waals surface area contributed by atoms with Crippen LogP contribution < -0.4 is 0 Å². The number of hydrogen-bond donors (Lipinski definition) is 0. The van der Waals surface area contributed by atoms with Gasteiger partial charge in [-0.1, -0.05) is 18.6 Å². The number of carbonyl (C=O) groups is 3. The molecule has 1 aromatic rings. The summed E-state index contributed by atoms with van der Waals surface area (Å²) in [7, 11) is 1.29. The average Bonchev–Trinajstić information content (AvgIpc) is 2.46. The van der Waals surface area contributed by atoms with Crippen LogP contribution in [0.3, 0.4) is 0 Å². The minimum absolute atomic E-state index is 0.0136. The van der Waals surface area contributed by atoms with Crippen LogP contribution in [0.4, 0.5) is 0 Å². The summed E-state index contributed by atoms with van der Waals surface area (Å²) >= 11 is 0. The molecule has 1 fully saturated rings. The summed E-state index contributed by atoms with van der Waals surface area (Å²) < 4.78 is 4.62. The first-order chi connectivity index (χ1) is 9.13. The quantitative estimate of drug-likeness (QED) is 0.475. The van der Waals surface area contributed by atoms with E-state index in [9.17, 15) is 14.4 Å². The Bertz CT molecular complexity index is 519. The third kappa shape index (κ3) is 2.89. The van der Waals surface area contributed by atoms with Crippen LogP contribution in [-0.2, 0) is 9.53 Å². The van der Waals surface area contributed by atoms with Crippen molar-refractivity contribution < 1.29 is 19.1 Å². The number of carbonyl (C=O) groups excluding carboxylic acids is 3. The average molecular weight is 260 g/mol. The van der Waals surface area contributed by atoms with Crippen molar-refractivity contribution in [3.63, 3.8) is 0 Å². The van der Waals surface area contributed by atoms with Crippen molar-refractivity contribution in [2.45, 2.75) is 25.7 Å². The number of esters is 1. The fourth-order valence-electron chi connectivity index (χ4n) is 2.38. The molecule has 0 bridgehead atoms. The van der Waals surface area contributed by atoms with Gasteiger partial charge in [0.2, 0.25) is 0 Å². The van der Waals surface area contributed by atoms with Crippen LogP contribution in [0.1, 0.15) is 46.4 Å². The summed E-state index contributed by atoms with van der Waals surface area (Å²) in [6.45, 7) is 0. The van der Waals surface area contributed by atoms with E-state index in [0.29, 0.717) is 24.0 Å². The molecule has 0 saturated heterocycles. The second kappa shape index (κ2) is 5.78. The van der Waals surface area contributed by atoms with Crippen molar-refractivity contribution >= 4 is 17.5 Å². The Labute approximate surface area is 111 Å². The van der Waals surface area contributed by atoms with Crippen LogP contribution in [0.25, 0.3) is 0 Å². The van der Waals surface area contributed by atoms with E-state index in [1.165, 1.54) is 13.2 Å². The molecule has 1 atom stereocenters. The lowest BCUT2D eigenvalue weighted by molar-refractivity contribution is -0.122. The zero-order valence-electron chi connectivity index (χ0n) is 10.8. The van der Waals surface area contributed by atoms with Crippen molar-refractivity contribution in [2.75, 3.05) is 7.11 Å². The lowest BCUT2D eigenvalue weighted by atomic mass is 9.82. The first-order valence-electron chi connectivity index (χ1n) is 6.39. The number of ketones is 2. The lowest BCUT2D eigenvalue weighted by Gasteiger charge is -2.19. The normalized spacial score (nSPS) is 19.0. The van der Waals surface area contributed by atoms with Gasteiger partial charge in [-0.2, -0.15) is 0 Å². The van der Waals surface area contributed by atoms with Crippen LogP contribution in [0.5, 0.6) is 0 Å². The van der Waals surface area contributed by atoms with E-state index in [4.69, 9.17) is 0 Å². The van der Waals surface area contributed by atoms with Gasteiger partial charge in [-0.05, 0) is 25.0 Å². The van der Waals surface area contributed by atoms with Gasteiger partial charge in [0.25, 0.3) is 0 Å². The predicted octanol–water partition coefficient (Wildman–Crippen LogP) is 2.42. The Morgan fingerprint density at radius 1 is 1.21 bits per heavy atom. The fourth-order valence-corrected chi connectivity index (χ4v) is 2.38. The topological polar surface area (TPSA) is 60.4 Å². The third-order valence-corrected chi connectivity index (χ3v) is 3.44. The molecule has 1 aliphatic rings. The van der Waals surface area contributed by atoms with E-state index < -0.39 is 11.9 Å². The number of ether oxygens (including phenoxy) is 1. The van der Waals surface area contributed by atoms with Gasteiger partial charge in [0.1, 0.15) is 5.78 Å². The molecule has 1 aromatic carbocycles. The Hall–Kier alpha value is -1.97. The molecule has 0 aromatic heterocycles. The summed E-state index contributed by atoms with van der Waals surface area (Å²) in [5.74, 6) is -1.19. The van der Waals surface area contributed by atoms with E-state index >= 15 is 0 Å². The summed E-state index contributed by atoms with van der Waals surface area (Å²) in [5, 5.41) is 0. The van der Waals surface area contributed by atoms with Gasteiger partial charge in [0, 0.05) is 12.0 Å². The first-order valence-corrected chi connectivity index (χ1v) is 6.39. The van der Waals surface area contributed by atoms with Crippen molar-refractivity contribution in [3.05, 3.63) is 35.4 Å². The highest BCUT2D eigenvalue weighted by Gasteiger charge is 2.29. The minimum Gasteiger partial charge on any atom is -0.465 e. The maximum absolute atomic E-state index is 12.3. The van der Waals surface area contributed by atoms with Crippen LogP contribution >= 0.6 is 0 Å². The molecular weight excluding hydrogens is 244 g/mol. The summed E-state index contributed by atoms with van der Waals surface area (Å²) in [5.41, 5.74) is 0.736. The Morgan fingerprint density at radius 2 is 1.95 bits per heavy atom. The maximum atomic E-state index is 12.3. The van der Waals surface area contributed by atoms with E-state index in [1.807, 2.05) is 0 Å². The molecule has 4 nitrogen and oxygen atoms in total. The number of hydrogen-bond acceptors (Lipinski definition) is 4. The second-order valence-electron chi connectivity index (χ2n) is 4.70. The van der Waals surface area contributed by atoms with Crippen LogP contribution in [0.2, 0.25) is 0 Å². The van der Waals surface area contributed by atoms with Crippen LogP contribution in [0.15, 0.2) is 24.3 Å². The largest absolute Gasteiger partial charge is 0.465 e. The molecule has 4 heteroatoms. The maximum Gasteiger partial charge on any atom is 0.337 e. The Morgan fingerprint density at radius 3 is 2.63 bits per heavy atom. The Balaban J connectivity index is 2.23. The number of methoxy groups -OCH3 is 1. The lowest BCUT2D eigenvalue weighted by Crippen LogP contribution is -2.27. The van der Waals surface area contributed by atoms with Gasteiger partial charge in [-0.25, -0.2) is 4.79 Å². The second-order valence-corrected chi connectivity index (χ2v) is 4.70. The SMILES string of the molecule is COC(=O)c1cccc(C(=O)C2CCCCC2=O)c1. The van der Waals surface area contributed by atoms with Crippen molar-refractivity contribution in [3.8, 4) is 0 Å². The predicted molar refractivity (Wildman–Crippen MR) is 69.1 cm³/mol. The highest BCUT2D eigenvalue weighted by molar-refractivity contribution is 6.11. The highest BCUT2D eigenvalue weighted by Crippen LogP contribution is 2.24. The summed E-state index contributed by atoms with van der Waals surface area (Å²) in [6.07, 6.45) is 2.86. The number of benzene rings is 1. The van der Waals surface area contributed by atoms with Crippen molar-refractivity contribution in [2.24, 2.45) is 5.92 Å². The van der Waals surface area contributed by atoms with E-state index in [1.54, 1.807) is 18.2 Å². The number of Topliss-reactive ketones (excluding diaryl/α,β-unsaturated/α-hetero) is 2. The fraction of sp³-hybridized carbons (Fsp3) is 0.400. The molecule has 0 amide bonds. The first kappa shape index (κ1) is 13.5. The van der Waals surface area contributed by atoms with Gasteiger partial charge in [0.15, 0.2) is 5.78 Å². The van der Waals surface area contributed by atoms with Gasteiger partial charge < -0.3 is 4.74 Å². The van der Waals surface area contributed by atoms with Gasteiger partial charge in [0.05, 0.1) is 18.6 Å². The van der Waals surface area contributed by atoms with Crippen molar-refractivity contribution in [1.82, 2.24) is 0 Å². The molecule has 2 rings (SSSR count). The minimum atomic E-state index is -0.540. The summed E-state index contributed by atoms with van der Waals surface area (Å²) in [6, 6.07) is 6.35. The molecule has 0 heterocycles. The smallest absolute Gasteiger partial charge is 0.337 e. The monoisotopic (exact) mass is 260 g/mol. The van der Waals surface area contributed by atoms with Gasteiger partial charge in [-0.15, -0.1) is 0 Å². The molecule has 0 spiro atoms. The number of rotatable bonds is 3. The molecule has 1 aliphatic carbocycles. The van der Waals surface area contributed by atoms with Crippen molar-refractivity contribution in [1.29, 1.82) is 0 Å². The molecule has 1 unspecified atom stereocenters. The zero-order valence-corrected chi connectivity index (χ0v) is 10.8. The van der Waals surface area contributed by atoms with Gasteiger partial charge >= 0.3 is 5.97 Å².